The van der Waals surface area contributed by atoms with Crippen LogP contribution in [0.15, 0.2) is 34.2 Å². The number of hydrogen-bond donors (Lipinski definition) is 0. The van der Waals surface area contributed by atoms with Gasteiger partial charge in [-0.25, -0.2) is 0 Å². The fraction of sp³-hybridized carbons (Fsp3) is 0.556. The average Bonchev–Trinajstić information content (AvgIpc) is 3.15. The van der Waals surface area contributed by atoms with E-state index in [1.807, 2.05) is 12.1 Å². The monoisotopic (exact) mass is 358 g/mol. The van der Waals surface area contributed by atoms with E-state index in [2.05, 4.69) is 20.1 Å². The molecule has 4 rings (SSSR count). The highest BCUT2D eigenvalue weighted by Gasteiger charge is 2.35. The molecule has 2 aliphatic rings. The first-order valence-corrected chi connectivity index (χ1v) is 9.96. The van der Waals surface area contributed by atoms with Crippen molar-refractivity contribution in [3.63, 3.8) is 0 Å². The Morgan fingerprint density at radius 3 is 3.00 bits per heavy atom. The van der Waals surface area contributed by atoms with E-state index < -0.39 is 0 Å². The van der Waals surface area contributed by atoms with Gasteiger partial charge >= 0.3 is 0 Å². The van der Waals surface area contributed by atoms with Crippen LogP contribution in [-0.2, 0) is 4.79 Å². The number of likely N-dealkylation sites (tertiary alicyclic amines) is 1. The van der Waals surface area contributed by atoms with Crippen molar-refractivity contribution >= 4 is 17.7 Å². The third-order valence-electron chi connectivity index (χ3n) is 5.20. The molecule has 1 saturated carbocycles. The summed E-state index contributed by atoms with van der Waals surface area (Å²) in [5.74, 6) is 1.70. The first-order chi connectivity index (χ1) is 12.3. The third kappa shape index (κ3) is 3.71. The second-order valence-electron chi connectivity index (χ2n) is 6.74. The molecule has 2 atom stereocenters. The number of piperidine rings is 1. The minimum atomic E-state index is 0.197. The van der Waals surface area contributed by atoms with E-state index in [0.29, 0.717) is 28.8 Å². The standard InChI is InChI=1S/C18H22N4O2S/c23-16(22-10-4-7-13-5-1-2-8-15(13)22)12-25-18-21-20-17(24-18)14-6-3-9-19-11-14/h3,6,9,11,13,15H,1-2,4-5,7-8,10,12H2/t13-,15-/m1/s1. The second-order valence-corrected chi connectivity index (χ2v) is 7.67. The highest BCUT2D eigenvalue weighted by Crippen LogP contribution is 2.35. The van der Waals surface area contributed by atoms with Crippen LogP contribution in [-0.4, -0.2) is 44.3 Å². The number of fused-ring (bicyclic) bond motifs is 1. The molecular weight excluding hydrogens is 336 g/mol. The van der Waals surface area contributed by atoms with E-state index in [0.717, 1.165) is 24.9 Å². The molecule has 0 spiro atoms. The van der Waals surface area contributed by atoms with Crippen molar-refractivity contribution in [2.75, 3.05) is 12.3 Å². The van der Waals surface area contributed by atoms with Crippen molar-refractivity contribution in [3.05, 3.63) is 24.5 Å². The second kappa shape index (κ2) is 7.56. The van der Waals surface area contributed by atoms with Crippen molar-refractivity contribution in [1.82, 2.24) is 20.1 Å². The van der Waals surface area contributed by atoms with Crippen LogP contribution in [0.25, 0.3) is 11.5 Å². The summed E-state index contributed by atoms with van der Waals surface area (Å²) in [6.07, 6.45) is 10.8. The van der Waals surface area contributed by atoms with Gasteiger partial charge in [0, 0.05) is 25.0 Å². The Morgan fingerprint density at radius 2 is 2.12 bits per heavy atom. The molecule has 0 aromatic carbocycles. The highest BCUT2D eigenvalue weighted by molar-refractivity contribution is 7.99. The van der Waals surface area contributed by atoms with Gasteiger partial charge in [-0.3, -0.25) is 9.78 Å². The number of hydrogen-bond acceptors (Lipinski definition) is 6. The van der Waals surface area contributed by atoms with Crippen LogP contribution in [0.1, 0.15) is 38.5 Å². The first-order valence-electron chi connectivity index (χ1n) is 8.97. The molecule has 2 aromatic rings. The van der Waals surface area contributed by atoms with Crippen molar-refractivity contribution in [3.8, 4) is 11.5 Å². The fourth-order valence-corrected chi connectivity index (χ4v) is 4.66. The lowest BCUT2D eigenvalue weighted by atomic mass is 9.78. The third-order valence-corrected chi connectivity index (χ3v) is 6.00. The van der Waals surface area contributed by atoms with Gasteiger partial charge in [-0.05, 0) is 43.7 Å². The summed E-state index contributed by atoms with van der Waals surface area (Å²) < 4.78 is 5.64. The van der Waals surface area contributed by atoms with Crippen molar-refractivity contribution in [1.29, 1.82) is 0 Å². The highest BCUT2D eigenvalue weighted by atomic mass is 32.2. The zero-order valence-corrected chi connectivity index (χ0v) is 15.0. The molecule has 6 nitrogen and oxygen atoms in total. The van der Waals surface area contributed by atoms with E-state index in [-0.39, 0.29) is 5.91 Å². The van der Waals surface area contributed by atoms with Crippen LogP contribution in [0.4, 0.5) is 0 Å². The van der Waals surface area contributed by atoms with Crippen molar-refractivity contribution < 1.29 is 9.21 Å². The fourth-order valence-electron chi connectivity index (χ4n) is 4.01. The predicted molar refractivity (Wildman–Crippen MR) is 94.9 cm³/mol. The zero-order chi connectivity index (χ0) is 17.1. The molecule has 0 bridgehead atoms. The maximum atomic E-state index is 12.7. The Hall–Kier alpha value is -1.89. The summed E-state index contributed by atoms with van der Waals surface area (Å²) in [6, 6.07) is 4.15. The molecule has 1 aliphatic carbocycles. The molecule has 0 N–H and O–H groups in total. The molecule has 1 amide bonds. The number of carbonyl (C=O) groups excluding carboxylic acids is 1. The zero-order valence-electron chi connectivity index (χ0n) is 14.1. The maximum absolute atomic E-state index is 12.7. The molecule has 132 valence electrons. The molecular formula is C18H22N4O2S. The quantitative estimate of drug-likeness (QED) is 0.780. The Bertz CT molecular complexity index is 719. The Balaban J connectivity index is 1.36. The van der Waals surface area contributed by atoms with E-state index >= 15 is 0 Å². The van der Waals surface area contributed by atoms with E-state index in [4.69, 9.17) is 4.42 Å². The summed E-state index contributed by atoms with van der Waals surface area (Å²) in [5, 5.41) is 8.51. The number of thioether (sulfide) groups is 1. The molecule has 2 aromatic heterocycles. The number of aromatic nitrogens is 3. The van der Waals surface area contributed by atoms with Gasteiger partial charge in [0.15, 0.2) is 0 Å². The van der Waals surface area contributed by atoms with Gasteiger partial charge in [0.05, 0.1) is 11.3 Å². The minimum absolute atomic E-state index is 0.197. The number of pyridine rings is 1. The number of amides is 1. The van der Waals surface area contributed by atoms with Gasteiger partial charge in [0.2, 0.25) is 11.8 Å². The summed E-state index contributed by atoms with van der Waals surface area (Å²) in [5.41, 5.74) is 0.786. The smallest absolute Gasteiger partial charge is 0.277 e. The molecule has 3 heterocycles. The molecule has 7 heteroatoms. The van der Waals surface area contributed by atoms with Crippen LogP contribution in [0.3, 0.4) is 0 Å². The Kier molecular flexibility index (Phi) is 5.01. The van der Waals surface area contributed by atoms with Gasteiger partial charge in [0.25, 0.3) is 5.22 Å². The number of rotatable bonds is 4. The van der Waals surface area contributed by atoms with Crippen molar-refractivity contribution in [2.24, 2.45) is 5.92 Å². The lowest BCUT2D eigenvalue weighted by Crippen LogP contribution is -2.50. The van der Waals surface area contributed by atoms with Gasteiger partial charge in [-0.1, -0.05) is 24.6 Å². The van der Waals surface area contributed by atoms with Crippen LogP contribution in [0, 0.1) is 5.92 Å². The molecule has 0 radical (unpaired) electrons. The number of carbonyl (C=O) groups is 1. The number of nitrogens with zero attached hydrogens (tertiary/aromatic N) is 4. The van der Waals surface area contributed by atoms with E-state index in [9.17, 15) is 4.79 Å². The van der Waals surface area contributed by atoms with Gasteiger partial charge in [-0.2, -0.15) is 0 Å². The average molecular weight is 358 g/mol. The Labute approximate surface area is 151 Å². The van der Waals surface area contributed by atoms with Crippen LogP contribution in [0.5, 0.6) is 0 Å². The molecule has 1 aliphatic heterocycles. The van der Waals surface area contributed by atoms with Gasteiger partial charge in [-0.15, -0.1) is 10.2 Å². The summed E-state index contributed by atoms with van der Waals surface area (Å²) in [4.78, 5) is 18.9. The summed E-state index contributed by atoms with van der Waals surface area (Å²) in [7, 11) is 0. The van der Waals surface area contributed by atoms with Crippen molar-refractivity contribution in [2.45, 2.75) is 49.8 Å². The van der Waals surface area contributed by atoms with E-state index in [1.165, 1.54) is 37.4 Å². The topological polar surface area (TPSA) is 72.1 Å². The van der Waals surface area contributed by atoms with Gasteiger partial charge in [0.1, 0.15) is 0 Å². The van der Waals surface area contributed by atoms with Crippen LogP contribution < -0.4 is 0 Å². The molecule has 0 unspecified atom stereocenters. The Morgan fingerprint density at radius 1 is 1.24 bits per heavy atom. The lowest BCUT2D eigenvalue weighted by Gasteiger charge is -2.44. The SMILES string of the molecule is O=C(CSc1nnc(-c2cccnc2)o1)N1CCC[C@H]2CCCC[C@H]21. The molecule has 25 heavy (non-hydrogen) atoms. The first kappa shape index (κ1) is 16.6. The van der Waals surface area contributed by atoms with Crippen LogP contribution >= 0.6 is 11.8 Å². The van der Waals surface area contributed by atoms with E-state index in [1.54, 1.807) is 12.4 Å². The summed E-state index contributed by atoms with van der Waals surface area (Å²) in [6.45, 7) is 0.894. The molecule has 1 saturated heterocycles. The summed E-state index contributed by atoms with van der Waals surface area (Å²) >= 11 is 1.33. The maximum Gasteiger partial charge on any atom is 0.277 e. The van der Waals surface area contributed by atoms with Crippen LogP contribution in [0.2, 0.25) is 0 Å². The lowest BCUT2D eigenvalue weighted by molar-refractivity contribution is -0.134. The van der Waals surface area contributed by atoms with Gasteiger partial charge < -0.3 is 9.32 Å². The normalized spacial score (nSPS) is 23.3. The largest absolute Gasteiger partial charge is 0.411 e. The minimum Gasteiger partial charge on any atom is -0.411 e. The predicted octanol–water partition coefficient (Wildman–Crippen LogP) is 3.40. The molecule has 2 fully saturated rings.